The maximum atomic E-state index is 13.7. The normalized spacial score (nSPS) is 19.4. The van der Waals surface area contributed by atoms with Gasteiger partial charge in [0.1, 0.15) is 17.6 Å². The molecule has 0 spiro atoms. The predicted octanol–water partition coefficient (Wildman–Crippen LogP) is 5.93. The van der Waals surface area contributed by atoms with Crippen LogP contribution in [0.3, 0.4) is 0 Å². The molecule has 3 heterocycles. The Hall–Kier alpha value is -4.28. The van der Waals surface area contributed by atoms with Crippen LogP contribution in [0.5, 0.6) is 23.0 Å². The molecular formula is C30H25ClN2O7S. The highest BCUT2D eigenvalue weighted by molar-refractivity contribution is 7.22. The highest BCUT2D eigenvalue weighted by Gasteiger charge is 2.48. The number of amides is 1. The molecule has 9 nitrogen and oxygen atoms in total. The standard InChI is InChI=1S/C30H25ClN2O7S/c1-14-9-16-10-15(5-8-20(16)40-14)26(34)24-25(17-11-21(37-2)28(39-4)22(12-17)38-3)33(29(36)27(24)35)30-32-19-7-6-18(31)13-23(19)41-30/h5-8,10-14,25,34H,9H2,1-4H3. The fourth-order valence-electron chi connectivity index (χ4n) is 5.32. The Bertz CT molecular complexity index is 1740. The molecule has 2 aliphatic heterocycles. The van der Waals surface area contributed by atoms with Crippen molar-refractivity contribution in [3.8, 4) is 23.0 Å². The highest BCUT2D eigenvalue weighted by Crippen LogP contribution is 2.48. The van der Waals surface area contributed by atoms with E-state index >= 15 is 0 Å². The third-order valence-electron chi connectivity index (χ3n) is 7.16. The van der Waals surface area contributed by atoms with Crippen molar-refractivity contribution in [1.82, 2.24) is 4.98 Å². The van der Waals surface area contributed by atoms with E-state index in [2.05, 4.69) is 4.98 Å². The largest absolute Gasteiger partial charge is 0.507 e. The van der Waals surface area contributed by atoms with Crippen LogP contribution in [-0.4, -0.2) is 49.2 Å². The lowest BCUT2D eigenvalue weighted by Gasteiger charge is -2.24. The van der Waals surface area contributed by atoms with E-state index < -0.39 is 17.7 Å². The number of fused-ring (bicyclic) bond motifs is 2. The number of hydrogen-bond donors (Lipinski definition) is 1. The van der Waals surface area contributed by atoms with Crippen LogP contribution in [0.1, 0.15) is 29.7 Å². The van der Waals surface area contributed by atoms with Crippen molar-refractivity contribution in [2.45, 2.75) is 25.5 Å². The third kappa shape index (κ3) is 4.43. The molecule has 1 N–H and O–H groups in total. The Morgan fingerprint density at radius 3 is 2.46 bits per heavy atom. The second-order valence-electron chi connectivity index (χ2n) is 9.69. The number of aliphatic hydroxyl groups is 1. The molecule has 1 amide bonds. The number of carbonyl (C=O) groups is 2. The predicted molar refractivity (Wildman–Crippen MR) is 156 cm³/mol. The summed E-state index contributed by atoms with van der Waals surface area (Å²) in [5.41, 5.74) is 2.29. The summed E-state index contributed by atoms with van der Waals surface area (Å²) in [6.45, 7) is 1.96. The number of rotatable bonds is 6. The highest BCUT2D eigenvalue weighted by atomic mass is 35.5. The maximum absolute atomic E-state index is 13.7. The van der Waals surface area contributed by atoms with Crippen molar-refractivity contribution >= 4 is 55.7 Å². The Labute approximate surface area is 244 Å². The van der Waals surface area contributed by atoms with Gasteiger partial charge in [0.05, 0.1) is 43.2 Å². The van der Waals surface area contributed by atoms with Crippen LogP contribution in [0.15, 0.2) is 54.1 Å². The molecule has 1 aromatic heterocycles. The summed E-state index contributed by atoms with van der Waals surface area (Å²) < 4.78 is 23.1. The Morgan fingerprint density at radius 2 is 1.78 bits per heavy atom. The fraction of sp³-hybridized carbons (Fsp3) is 0.233. The molecule has 0 radical (unpaired) electrons. The number of benzene rings is 3. The summed E-state index contributed by atoms with van der Waals surface area (Å²) in [6.07, 6.45) is 0.662. The van der Waals surface area contributed by atoms with E-state index in [1.54, 1.807) is 48.5 Å². The summed E-state index contributed by atoms with van der Waals surface area (Å²) in [5.74, 6) is -0.255. The second-order valence-corrected chi connectivity index (χ2v) is 11.1. The third-order valence-corrected chi connectivity index (χ3v) is 8.41. The van der Waals surface area contributed by atoms with Crippen molar-refractivity contribution in [3.63, 3.8) is 0 Å². The molecule has 2 aliphatic rings. The SMILES string of the molecule is COc1cc(C2C(=C(O)c3ccc4c(c3)CC(C)O4)C(=O)C(=O)N2c2nc3ccc(Cl)cc3s2)cc(OC)c1OC. The molecule has 1 saturated heterocycles. The van der Waals surface area contributed by atoms with Gasteiger partial charge < -0.3 is 24.1 Å². The van der Waals surface area contributed by atoms with Gasteiger partial charge in [-0.15, -0.1) is 0 Å². The molecule has 0 aliphatic carbocycles. The first-order chi connectivity index (χ1) is 19.7. The van der Waals surface area contributed by atoms with Crippen LogP contribution in [0, 0.1) is 0 Å². The number of halogens is 1. The average molecular weight is 593 g/mol. The number of aliphatic hydroxyl groups excluding tert-OH is 1. The van der Waals surface area contributed by atoms with Crippen LogP contribution in [-0.2, 0) is 16.0 Å². The second kappa shape index (κ2) is 10.3. The minimum Gasteiger partial charge on any atom is -0.507 e. The van der Waals surface area contributed by atoms with Crippen molar-refractivity contribution in [2.75, 3.05) is 26.2 Å². The topological polar surface area (TPSA) is 107 Å². The number of nitrogens with zero attached hydrogens (tertiary/aromatic N) is 2. The van der Waals surface area contributed by atoms with Gasteiger partial charge in [0.15, 0.2) is 16.6 Å². The van der Waals surface area contributed by atoms with Crippen molar-refractivity contribution in [3.05, 3.63) is 75.8 Å². The van der Waals surface area contributed by atoms with Gasteiger partial charge in [0.2, 0.25) is 5.75 Å². The number of ketones is 1. The number of thiazole rings is 1. The van der Waals surface area contributed by atoms with E-state index in [-0.39, 0.29) is 22.6 Å². The summed E-state index contributed by atoms with van der Waals surface area (Å²) in [5, 5.41) is 12.4. The summed E-state index contributed by atoms with van der Waals surface area (Å²) >= 11 is 7.41. The Balaban J connectivity index is 1.59. The van der Waals surface area contributed by atoms with Gasteiger partial charge >= 0.3 is 5.91 Å². The minimum absolute atomic E-state index is 0.000237. The summed E-state index contributed by atoms with van der Waals surface area (Å²) in [4.78, 5) is 33.4. The van der Waals surface area contributed by atoms with Gasteiger partial charge in [-0.25, -0.2) is 4.98 Å². The first-order valence-electron chi connectivity index (χ1n) is 12.7. The van der Waals surface area contributed by atoms with Gasteiger partial charge in [-0.3, -0.25) is 14.5 Å². The number of anilines is 1. The smallest absolute Gasteiger partial charge is 0.301 e. The molecule has 210 valence electrons. The molecule has 11 heteroatoms. The quantitative estimate of drug-likeness (QED) is 0.167. The summed E-state index contributed by atoms with van der Waals surface area (Å²) in [6, 6.07) is 12.7. The molecule has 1 fully saturated rings. The molecular weight excluding hydrogens is 568 g/mol. The minimum atomic E-state index is -1.05. The van der Waals surface area contributed by atoms with Crippen LogP contribution in [0.2, 0.25) is 5.02 Å². The zero-order chi connectivity index (χ0) is 29.0. The molecule has 2 atom stereocenters. The molecule has 2 unspecified atom stereocenters. The molecule has 4 aromatic rings. The zero-order valence-electron chi connectivity index (χ0n) is 22.6. The van der Waals surface area contributed by atoms with Crippen LogP contribution < -0.4 is 23.8 Å². The van der Waals surface area contributed by atoms with Crippen molar-refractivity contribution < 1.29 is 33.6 Å². The number of methoxy groups -OCH3 is 3. The Morgan fingerprint density at radius 1 is 1.05 bits per heavy atom. The number of Topliss-reactive ketones (excluding diaryl/α,β-unsaturated/α-hetero) is 1. The van der Waals surface area contributed by atoms with Crippen molar-refractivity contribution in [2.24, 2.45) is 0 Å². The fourth-order valence-corrected chi connectivity index (χ4v) is 6.59. The Kier molecular flexibility index (Phi) is 6.75. The number of hydrogen-bond acceptors (Lipinski definition) is 9. The molecule has 3 aromatic carbocycles. The van der Waals surface area contributed by atoms with E-state index in [1.165, 1.54) is 37.6 Å². The van der Waals surface area contributed by atoms with E-state index in [0.29, 0.717) is 45.3 Å². The lowest BCUT2D eigenvalue weighted by Crippen LogP contribution is -2.29. The lowest BCUT2D eigenvalue weighted by molar-refractivity contribution is -0.132. The van der Waals surface area contributed by atoms with Gasteiger partial charge in [-0.1, -0.05) is 22.9 Å². The monoisotopic (exact) mass is 592 g/mol. The average Bonchev–Trinajstić information content (AvgIpc) is 3.63. The lowest BCUT2D eigenvalue weighted by atomic mass is 9.94. The van der Waals surface area contributed by atoms with Gasteiger partial charge in [-0.2, -0.15) is 0 Å². The maximum Gasteiger partial charge on any atom is 0.301 e. The van der Waals surface area contributed by atoms with Gasteiger partial charge in [0.25, 0.3) is 5.78 Å². The zero-order valence-corrected chi connectivity index (χ0v) is 24.1. The van der Waals surface area contributed by atoms with Crippen molar-refractivity contribution in [1.29, 1.82) is 0 Å². The summed E-state index contributed by atoms with van der Waals surface area (Å²) in [7, 11) is 4.43. The van der Waals surface area contributed by atoms with E-state index in [9.17, 15) is 14.7 Å². The van der Waals surface area contributed by atoms with Gasteiger partial charge in [0, 0.05) is 17.0 Å². The molecule has 41 heavy (non-hydrogen) atoms. The van der Waals surface area contributed by atoms with Crippen LogP contribution >= 0.6 is 22.9 Å². The van der Waals surface area contributed by atoms with Crippen LogP contribution in [0.4, 0.5) is 5.13 Å². The first kappa shape index (κ1) is 26.9. The van der Waals surface area contributed by atoms with Gasteiger partial charge in [-0.05, 0) is 66.6 Å². The van der Waals surface area contributed by atoms with E-state index in [1.807, 2.05) is 6.92 Å². The molecule has 0 bridgehead atoms. The van der Waals surface area contributed by atoms with E-state index in [0.717, 1.165) is 16.0 Å². The van der Waals surface area contributed by atoms with Crippen LogP contribution in [0.25, 0.3) is 16.0 Å². The van der Waals surface area contributed by atoms with E-state index in [4.69, 9.17) is 30.5 Å². The number of aromatic nitrogens is 1. The molecule has 0 saturated carbocycles. The number of carbonyl (C=O) groups excluding carboxylic acids is 2. The number of ether oxygens (including phenoxy) is 4. The molecule has 6 rings (SSSR count). The first-order valence-corrected chi connectivity index (χ1v) is 13.9.